The molecule has 28 heavy (non-hydrogen) atoms. The molecule has 3 nitrogen and oxygen atoms in total. The van der Waals surface area contributed by atoms with Crippen LogP contribution in [0, 0.1) is 0 Å². The molecule has 0 aliphatic carbocycles. The van der Waals surface area contributed by atoms with Crippen molar-refractivity contribution < 1.29 is 9.47 Å². The molecule has 1 atom stereocenters. The monoisotopic (exact) mass is 395 g/mol. The zero-order chi connectivity index (χ0) is 18.5. The van der Waals surface area contributed by atoms with E-state index in [1.165, 1.54) is 16.7 Å². The average molecular weight is 396 g/mol. The first kappa shape index (κ1) is 20.2. The number of nitrogens with zero attached hydrogens (tertiary/aromatic N) is 1. The molecule has 1 aliphatic heterocycles. The first-order valence-corrected chi connectivity index (χ1v) is 9.48. The molecule has 0 unspecified atom stereocenters. The van der Waals surface area contributed by atoms with Crippen LogP contribution in [-0.4, -0.2) is 18.2 Å². The summed E-state index contributed by atoms with van der Waals surface area (Å²) in [5.74, 6) is 1.86. The lowest BCUT2D eigenvalue weighted by Crippen LogP contribution is -2.41. The summed E-state index contributed by atoms with van der Waals surface area (Å²) >= 11 is 0. The van der Waals surface area contributed by atoms with Gasteiger partial charge in [-0.1, -0.05) is 66.7 Å². The van der Waals surface area contributed by atoms with Gasteiger partial charge >= 0.3 is 0 Å². The van der Waals surface area contributed by atoms with E-state index in [-0.39, 0.29) is 18.6 Å². The van der Waals surface area contributed by atoms with Crippen LogP contribution in [0.5, 0.6) is 11.5 Å². The van der Waals surface area contributed by atoms with Crippen LogP contribution in [0.4, 0.5) is 0 Å². The first-order valence-electron chi connectivity index (χ1n) is 9.48. The molecule has 0 N–H and O–H groups in total. The highest BCUT2D eigenvalue weighted by Gasteiger charge is 2.27. The molecule has 0 spiro atoms. The fourth-order valence-electron chi connectivity index (χ4n) is 3.72. The largest absolute Gasteiger partial charge is 0.496 e. The van der Waals surface area contributed by atoms with Crippen molar-refractivity contribution in [1.29, 1.82) is 0 Å². The molecule has 146 valence electrons. The van der Waals surface area contributed by atoms with Crippen molar-refractivity contribution in [3.8, 4) is 11.5 Å². The second-order valence-electron chi connectivity index (χ2n) is 6.92. The van der Waals surface area contributed by atoms with E-state index in [1.54, 1.807) is 7.11 Å². The SMILES string of the molecule is COc1cccc2c1CC[C@H](N(Cc1ccccc1)Cc1ccccc1)O2.Cl. The van der Waals surface area contributed by atoms with Crippen molar-refractivity contribution >= 4 is 12.4 Å². The average Bonchev–Trinajstić information content (AvgIpc) is 2.74. The molecular weight excluding hydrogens is 370 g/mol. The van der Waals surface area contributed by atoms with Crippen LogP contribution in [0.3, 0.4) is 0 Å². The Morgan fingerprint density at radius 1 is 0.857 bits per heavy atom. The van der Waals surface area contributed by atoms with Gasteiger partial charge in [0.25, 0.3) is 0 Å². The van der Waals surface area contributed by atoms with Gasteiger partial charge in [-0.05, 0) is 29.7 Å². The highest BCUT2D eigenvalue weighted by Crippen LogP contribution is 2.35. The maximum atomic E-state index is 6.43. The van der Waals surface area contributed by atoms with Crippen molar-refractivity contribution in [2.45, 2.75) is 32.2 Å². The zero-order valence-electron chi connectivity index (χ0n) is 16.1. The minimum absolute atomic E-state index is 0. The molecule has 3 aromatic rings. The molecule has 0 aromatic heterocycles. The molecule has 0 radical (unpaired) electrons. The van der Waals surface area contributed by atoms with Crippen LogP contribution in [0.1, 0.15) is 23.1 Å². The first-order chi connectivity index (χ1) is 13.3. The molecule has 1 heterocycles. The summed E-state index contributed by atoms with van der Waals surface area (Å²) in [6, 6.07) is 27.3. The Balaban J connectivity index is 0.00000225. The van der Waals surface area contributed by atoms with Gasteiger partial charge in [0, 0.05) is 25.1 Å². The van der Waals surface area contributed by atoms with Crippen LogP contribution < -0.4 is 9.47 Å². The number of hydrogen-bond acceptors (Lipinski definition) is 3. The third kappa shape index (κ3) is 4.67. The minimum Gasteiger partial charge on any atom is -0.496 e. The number of hydrogen-bond donors (Lipinski definition) is 0. The van der Waals surface area contributed by atoms with Gasteiger partial charge in [0.2, 0.25) is 0 Å². The summed E-state index contributed by atoms with van der Waals surface area (Å²) in [5.41, 5.74) is 3.78. The van der Waals surface area contributed by atoms with Crippen molar-refractivity contribution in [3.63, 3.8) is 0 Å². The molecule has 0 bridgehead atoms. The Morgan fingerprint density at radius 2 is 1.46 bits per heavy atom. The van der Waals surface area contributed by atoms with E-state index in [2.05, 4.69) is 65.6 Å². The normalized spacial score (nSPS) is 15.3. The fourth-order valence-corrected chi connectivity index (χ4v) is 3.72. The number of methoxy groups -OCH3 is 1. The Hall–Kier alpha value is -2.49. The Kier molecular flexibility index (Phi) is 6.96. The summed E-state index contributed by atoms with van der Waals surface area (Å²) in [6.45, 7) is 1.72. The number of ether oxygens (including phenoxy) is 2. The van der Waals surface area contributed by atoms with Gasteiger partial charge in [-0.2, -0.15) is 0 Å². The van der Waals surface area contributed by atoms with Crippen molar-refractivity contribution in [2.24, 2.45) is 0 Å². The van der Waals surface area contributed by atoms with Gasteiger partial charge < -0.3 is 9.47 Å². The second-order valence-corrected chi connectivity index (χ2v) is 6.92. The van der Waals surface area contributed by atoms with Crippen molar-refractivity contribution in [2.75, 3.05) is 7.11 Å². The summed E-state index contributed by atoms with van der Waals surface area (Å²) < 4.78 is 11.9. The quantitative estimate of drug-likeness (QED) is 0.552. The molecule has 4 rings (SSSR count). The van der Waals surface area contributed by atoms with E-state index in [0.29, 0.717) is 0 Å². The number of fused-ring (bicyclic) bond motifs is 1. The van der Waals surface area contributed by atoms with Crippen molar-refractivity contribution in [1.82, 2.24) is 4.90 Å². The Morgan fingerprint density at radius 3 is 2.04 bits per heavy atom. The second kappa shape index (κ2) is 9.63. The molecule has 4 heteroatoms. The van der Waals surface area contributed by atoms with E-state index in [1.807, 2.05) is 18.2 Å². The van der Waals surface area contributed by atoms with Crippen molar-refractivity contribution in [3.05, 3.63) is 95.6 Å². The van der Waals surface area contributed by atoms with Gasteiger partial charge in [-0.25, -0.2) is 0 Å². The maximum Gasteiger partial charge on any atom is 0.153 e. The van der Waals surface area contributed by atoms with Crippen LogP contribution in [-0.2, 0) is 19.5 Å². The summed E-state index contributed by atoms with van der Waals surface area (Å²) in [7, 11) is 1.72. The minimum atomic E-state index is 0. The Labute approximate surface area is 173 Å². The molecule has 3 aromatic carbocycles. The molecule has 0 fully saturated rings. The molecular formula is C24H26ClNO2. The third-order valence-electron chi connectivity index (χ3n) is 5.08. The highest BCUT2D eigenvalue weighted by atomic mass is 35.5. The zero-order valence-corrected chi connectivity index (χ0v) is 16.9. The lowest BCUT2D eigenvalue weighted by molar-refractivity contribution is -0.00268. The molecule has 1 aliphatic rings. The lowest BCUT2D eigenvalue weighted by Gasteiger charge is -2.36. The van der Waals surface area contributed by atoms with Crippen LogP contribution in [0.15, 0.2) is 78.9 Å². The number of benzene rings is 3. The van der Waals surface area contributed by atoms with Gasteiger partial charge in [0.15, 0.2) is 6.23 Å². The van der Waals surface area contributed by atoms with E-state index in [9.17, 15) is 0 Å². The Bertz CT molecular complexity index is 829. The highest BCUT2D eigenvalue weighted by molar-refractivity contribution is 5.85. The molecule has 0 saturated carbocycles. The standard InChI is InChI=1S/C24H25NO2.ClH/c1-26-22-13-8-14-23-21(22)15-16-24(27-23)25(17-19-9-4-2-5-10-19)18-20-11-6-3-7-12-20;/h2-14,24H,15-18H2,1H3;1H/t24-;/m1./s1. The maximum absolute atomic E-state index is 6.43. The molecule has 0 amide bonds. The van der Waals surface area contributed by atoms with E-state index >= 15 is 0 Å². The smallest absolute Gasteiger partial charge is 0.153 e. The van der Waals surface area contributed by atoms with Gasteiger partial charge in [-0.15, -0.1) is 12.4 Å². The van der Waals surface area contributed by atoms with Gasteiger partial charge in [0.05, 0.1) is 7.11 Å². The van der Waals surface area contributed by atoms with Crippen LogP contribution in [0.2, 0.25) is 0 Å². The van der Waals surface area contributed by atoms with Crippen LogP contribution in [0.25, 0.3) is 0 Å². The summed E-state index contributed by atoms with van der Waals surface area (Å²) in [5, 5.41) is 0. The van der Waals surface area contributed by atoms with Crippen LogP contribution >= 0.6 is 12.4 Å². The predicted octanol–water partition coefficient (Wildman–Crippen LogP) is 5.47. The summed E-state index contributed by atoms with van der Waals surface area (Å²) in [6.07, 6.45) is 1.96. The fraction of sp³-hybridized carbons (Fsp3) is 0.250. The predicted molar refractivity (Wildman–Crippen MR) is 115 cm³/mol. The number of rotatable bonds is 6. The van der Waals surface area contributed by atoms with Gasteiger partial charge in [0.1, 0.15) is 11.5 Å². The third-order valence-corrected chi connectivity index (χ3v) is 5.08. The van der Waals surface area contributed by atoms with Gasteiger partial charge in [-0.3, -0.25) is 4.90 Å². The topological polar surface area (TPSA) is 21.7 Å². The number of halogens is 1. The summed E-state index contributed by atoms with van der Waals surface area (Å²) in [4.78, 5) is 2.42. The van der Waals surface area contributed by atoms with E-state index in [0.717, 1.165) is 37.4 Å². The molecule has 0 saturated heterocycles. The van der Waals surface area contributed by atoms with E-state index < -0.39 is 0 Å². The van der Waals surface area contributed by atoms with E-state index in [4.69, 9.17) is 9.47 Å². The lowest BCUT2D eigenvalue weighted by atomic mass is 10.0.